The molecule has 0 radical (unpaired) electrons. The Morgan fingerprint density at radius 3 is 2.95 bits per heavy atom. The maximum atomic E-state index is 9.01. The molecule has 20 heavy (non-hydrogen) atoms. The van der Waals surface area contributed by atoms with E-state index in [2.05, 4.69) is 32.7 Å². The first-order valence-corrected chi connectivity index (χ1v) is 7.04. The molecule has 1 heterocycles. The Kier molecular flexibility index (Phi) is 5.46. The van der Waals surface area contributed by atoms with Crippen LogP contribution < -0.4 is 0 Å². The second kappa shape index (κ2) is 7.33. The molecule has 5 nitrogen and oxygen atoms in total. The Bertz CT molecular complexity index is 571. The highest BCUT2D eigenvalue weighted by molar-refractivity contribution is 9.10. The van der Waals surface area contributed by atoms with Crippen LogP contribution in [0.1, 0.15) is 5.89 Å². The fraction of sp³-hybridized carbons (Fsp3) is 0.286. The van der Waals surface area contributed by atoms with E-state index in [-0.39, 0.29) is 6.61 Å². The Balaban J connectivity index is 2.10. The van der Waals surface area contributed by atoms with Crippen molar-refractivity contribution in [2.24, 2.45) is 0 Å². The van der Waals surface area contributed by atoms with Crippen molar-refractivity contribution in [3.8, 4) is 11.5 Å². The number of aliphatic hydroxyl groups excluding tert-OH is 1. The van der Waals surface area contributed by atoms with Crippen LogP contribution in [0.15, 0.2) is 45.8 Å². The van der Waals surface area contributed by atoms with Crippen molar-refractivity contribution in [1.29, 1.82) is 0 Å². The molecular formula is C14H16BrN3O2. The molecule has 0 saturated heterocycles. The van der Waals surface area contributed by atoms with Crippen LogP contribution in [0.4, 0.5) is 0 Å². The third-order valence-corrected chi connectivity index (χ3v) is 3.19. The van der Waals surface area contributed by atoms with E-state index in [1.54, 1.807) is 6.08 Å². The molecule has 106 valence electrons. The minimum Gasteiger partial charge on any atom is -0.419 e. The highest BCUT2D eigenvalue weighted by Gasteiger charge is 2.12. The first kappa shape index (κ1) is 14.9. The molecule has 1 aromatic heterocycles. The summed E-state index contributed by atoms with van der Waals surface area (Å²) in [6.45, 7) is 5.47. The number of halogens is 1. The summed E-state index contributed by atoms with van der Waals surface area (Å²) in [5.41, 5.74) is 0.871. The highest BCUT2D eigenvalue weighted by Crippen LogP contribution is 2.22. The summed E-state index contributed by atoms with van der Waals surface area (Å²) in [7, 11) is 0. The molecule has 1 N–H and O–H groups in total. The summed E-state index contributed by atoms with van der Waals surface area (Å²) in [6, 6.07) is 7.69. The number of benzene rings is 1. The van der Waals surface area contributed by atoms with Gasteiger partial charge in [-0.05, 0) is 18.2 Å². The Morgan fingerprint density at radius 1 is 1.40 bits per heavy atom. The summed E-state index contributed by atoms with van der Waals surface area (Å²) in [5, 5.41) is 17.1. The monoisotopic (exact) mass is 337 g/mol. The van der Waals surface area contributed by atoms with Crippen molar-refractivity contribution in [3.05, 3.63) is 47.3 Å². The van der Waals surface area contributed by atoms with Crippen LogP contribution in [0.3, 0.4) is 0 Å². The highest BCUT2D eigenvalue weighted by atomic mass is 79.9. The zero-order valence-electron chi connectivity index (χ0n) is 11.0. The van der Waals surface area contributed by atoms with Gasteiger partial charge in [-0.1, -0.05) is 28.1 Å². The largest absolute Gasteiger partial charge is 0.419 e. The lowest BCUT2D eigenvalue weighted by molar-refractivity contribution is 0.192. The van der Waals surface area contributed by atoms with Crippen molar-refractivity contribution < 1.29 is 9.52 Å². The smallest absolute Gasteiger partial charge is 0.247 e. The van der Waals surface area contributed by atoms with Crippen LogP contribution in [0, 0.1) is 0 Å². The summed E-state index contributed by atoms with van der Waals surface area (Å²) in [4.78, 5) is 1.98. The van der Waals surface area contributed by atoms with Gasteiger partial charge < -0.3 is 9.52 Å². The third-order valence-electron chi connectivity index (χ3n) is 2.70. The molecule has 0 aliphatic carbocycles. The first-order valence-electron chi connectivity index (χ1n) is 6.25. The molecule has 0 atom stereocenters. The Hall–Kier alpha value is -1.50. The van der Waals surface area contributed by atoms with Gasteiger partial charge in [-0.15, -0.1) is 16.8 Å². The molecule has 0 fully saturated rings. The summed E-state index contributed by atoms with van der Waals surface area (Å²) in [6.07, 6.45) is 1.78. The van der Waals surface area contributed by atoms with E-state index < -0.39 is 0 Å². The lowest BCUT2D eigenvalue weighted by atomic mass is 10.2. The van der Waals surface area contributed by atoms with Crippen LogP contribution in [-0.2, 0) is 6.54 Å². The molecule has 2 rings (SSSR count). The van der Waals surface area contributed by atoms with Gasteiger partial charge in [0.1, 0.15) is 0 Å². The maximum Gasteiger partial charge on any atom is 0.247 e. The number of nitrogens with zero attached hydrogens (tertiary/aromatic N) is 3. The molecule has 6 heteroatoms. The van der Waals surface area contributed by atoms with E-state index in [1.165, 1.54) is 0 Å². The number of aliphatic hydroxyl groups is 1. The zero-order chi connectivity index (χ0) is 14.4. The van der Waals surface area contributed by atoms with Gasteiger partial charge in [-0.3, -0.25) is 4.90 Å². The van der Waals surface area contributed by atoms with Crippen molar-refractivity contribution >= 4 is 15.9 Å². The maximum absolute atomic E-state index is 9.01. The first-order chi connectivity index (χ1) is 9.72. The van der Waals surface area contributed by atoms with Crippen molar-refractivity contribution in [1.82, 2.24) is 15.1 Å². The molecule has 0 saturated carbocycles. The zero-order valence-corrected chi connectivity index (χ0v) is 12.6. The van der Waals surface area contributed by atoms with Crippen molar-refractivity contribution in [2.75, 3.05) is 19.7 Å². The molecule has 0 amide bonds. The van der Waals surface area contributed by atoms with Crippen LogP contribution in [-0.4, -0.2) is 39.9 Å². The Morgan fingerprint density at radius 2 is 2.25 bits per heavy atom. The summed E-state index contributed by atoms with van der Waals surface area (Å²) in [5.74, 6) is 1.01. The van der Waals surface area contributed by atoms with Crippen LogP contribution in [0.2, 0.25) is 0 Å². The molecule has 0 spiro atoms. The quantitative estimate of drug-likeness (QED) is 0.786. The number of hydrogen-bond acceptors (Lipinski definition) is 5. The van der Waals surface area contributed by atoms with E-state index in [0.717, 1.165) is 10.0 Å². The number of aromatic nitrogens is 2. The lowest BCUT2D eigenvalue weighted by Gasteiger charge is -2.16. The lowest BCUT2D eigenvalue weighted by Crippen LogP contribution is -2.26. The SMILES string of the molecule is C=CCN(CCO)Cc1nnc(-c2cccc(Br)c2)o1. The molecular weight excluding hydrogens is 322 g/mol. The molecule has 0 bridgehead atoms. The van der Waals surface area contributed by atoms with E-state index in [4.69, 9.17) is 9.52 Å². The number of hydrogen-bond donors (Lipinski definition) is 1. The standard InChI is InChI=1S/C14H16BrN3O2/c1-2-6-18(7-8-19)10-13-16-17-14(20-13)11-4-3-5-12(15)9-11/h2-5,9,19H,1,6-8,10H2. The van der Waals surface area contributed by atoms with Gasteiger partial charge in [-0.25, -0.2) is 0 Å². The second-order valence-electron chi connectivity index (χ2n) is 4.26. The minimum atomic E-state index is 0.0838. The second-order valence-corrected chi connectivity index (χ2v) is 5.17. The van der Waals surface area contributed by atoms with Gasteiger partial charge in [-0.2, -0.15) is 0 Å². The fourth-order valence-electron chi connectivity index (χ4n) is 1.81. The molecule has 0 unspecified atom stereocenters. The predicted molar refractivity (Wildman–Crippen MR) is 80.0 cm³/mol. The van der Waals surface area contributed by atoms with Crippen LogP contribution in [0.5, 0.6) is 0 Å². The Labute approximate surface area is 126 Å². The van der Waals surface area contributed by atoms with Gasteiger partial charge in [0.15, 0.2) is 0 Å². The van der Waals surface area contributed by atoms with Crippen molar-refractivity contribution in [2.45, 2.75) is 6.54 Å². The third kappa shape index (κ3) is 4.00. The van der Waals surface area contributed by atoms with E-state index in [1.807, 2.05) is 29.2 Å². The van der Waals surface area contributed by atoms with Gasteiger partial charge in [0.2, 0.25) is 11.8 Å². The van der Waals surface area contributed by atoms with Crippen LogP contribution >= 0.6 is 15.9 Å². The number of rotatable bonds is 7. The minimum absolute atomic E-state index is 0.0838. The molecule has 1 aromatic carbocycles. The van der Waals surface area contributed by atoms with E-state index >= 15 is 0 Å². The van der Waals surface area contributed by atoms with Gasteiger partial charge in [0.25, 0.3) is 0 Å². The summed E-state index contributed by atoms with van der Waals surface area (Å²) < 4.78 is 6.61. The molecule has 0 aliphatic heterocycles. The average Bonchev–Trinajstić information content (AvgIpc) is 2.88. The predicted octanol–water partition coefficient (Wildman–Crippen LogP) is 2.48. The topological polar surface area (TPSA) is 62.4 Å². The van der Waals surface area contributed by atoms with Crippen LogP contribution in [0.25, 0.3) is 11.5 Å². The van der Waals surface area contributed by atoms with Gasteiger partial charge >= 0.3 is 0 Å². The van der Waals surface area contributed by atoms with Crippen molar-refractivity contribution in [3.63, 3.8) is 0 Å². The fourth-order valence-corrected chi connectivity index (χ4v) is 2.21. The summed E-state index contributed by atoms with van der Waals surface area (Å²) >= 11 is 3.41. The average molecular weight is 338 g/mol. The van der Waals surface area contributed by atoms with Gasteiger partial charge in [0.05, 0.1) is 13.2 Å². The van der Waals surface area contributed by atoms with E-state index in [9.17, 15) is 0 Å². The molecule has 0 aliphatic rings. The van der Waals surface area contributed by atoms with Gasteiger partial charge in [0, 0.05) is 23.1 Å². The molecule has 2 aromatic rings. The normalized spacial score (nSPS) is 10.9. The van der Waals surface area contributed by atoms with E-state index in [0.29, 0.717) is 31.4 Å².